The van der Waals surface area contributed by atoms with Crippen molar-refractivity contribution in [3.63, 3.8) is 0 Å². The van der Waals surface area contributed by atoms with Crippen molar-refractivity contribution in [2.75, 3.05) is 32.0 Å². The number of nitrogens with zero attached hydrogens (tertiary/aromatic N) is 3. The summed E-state index contributed by atoms with van der Waals surface area (Å²) >= 11 is 6.16. The number of carbonyl (C=O) groups is 2. The first-order valence-electron chi connectivity index (χ1n) is 8.01. The molecule has 2 aliphatic rings. The van der Waals surface area contributed by atoms with Crippen LogP contribution in [-0.4, -0.2) is 59.2 Å². The van der Waals surface area contributed by atoms with Gasteiger partial charge in [0.05, 0.1) is 29.3 Å². The Labute approximate surface area is 149 Å². The second kappa shape index (κ2) is 5.77. The average molecular weight is 361 g/mol. The summed E-state index contributed by atoms with van der Waals surface area (Å²) in [5, 5.41) is 4.24. The van der Waals surface area contributed by atoms with Crippen molar-refractivity contribution in [2.24, 2.45) is 0 Å². The number of ether oxygens (including phenoxy) is 1. The molecule has 130 valence electrons. The van der Waals surface area contributed by atoms with Gasteiger partial charge in [-0.05, 0) is 24.3 Å². The van der Waals surface area contributed by atoms with Gasteiger partial charge in [0, 0.05) is 31.6 Å². The molecular formula is C17H17ClN4O3. The standard InChI is InChI=1S/C17H17ClN4O3/c1-21-9-17(25-16(21)24)6-8-22(10-17)15(23)20-13-5-4-12(18)14-11(13)3-2-7-19-14/h2-5,7H,6,8-10H2,1H3,(H,20,23). The molecule has 1 aromatic carbocycles. The number of fused-ring (bicyclic) bond motifs is 1. The molecular weight excluding hydrogens is 344 g/mol. The Morgan fingerprint density at radius 3 is 2.96 bits per heavy atom. The third kappa shape index (κ3) is 2.74. The van der Waals surface area contributed by atoms with Crippen molar-refractivity contribution in [1.82, 2.24) is 14.8 Å². The fourth-order valence-corrected chi connectivity index (χ4v) is 3.68. The monoisotopic (exact) mass is 360 g/mol. The molecule has 0 bridgehead atoms. The average Bonchev–Trinajstić information content (AvgIpc) is 3.13. The fraction of sp³-hybridized carbons (Fsp3) is 0.353. The summed E-state index contributed by atoms with van der Waals surface area (Å²) in [6.45, 7) is 1.43. The van der Waals surface area contributed by atoms with Crippen LogP contribution in [0.3, 0.4) is 0 Å². The summed E-state index contributed by atoms with van der Waals surface area (Å²) < 4.78 is 5.48. The molecule has 3 amide bonds. The maximum absolute atomic E-state index is 12.7. The van der Waals surface area contributed by atoms with E-state index in [0.717, 1.165) is 5.39 Å². The van der Waals surface area contributed by atoms with Gasteiger partial charge in [-0.1, -0.05) is 11.6 Å². The third-order valence-corrected chi connectivity index (χ3v) is 5.01. The highest BCUT2D eigenvalue weighted by molar-refractivity contribution is 6.35. The predicted octanol–water partition coefficient (Wildman–Crippen LogP) is 2.95. The van der Waals surface area contributed by atoms with Gasteiger partial charge < -0.3 is 19.9 Å². The van der Waals surface area contributed by atoms with E-state index in [9.17, 15) is 9.59 Å². The molecule has 0 saturated carbocycles. The van der Waals surface area contributed by atoms with E-state index < -0.39 is 5.60 Å². The number of pyridine rings is 1. The van der Waals surface area contributed by atoms with Gasteiger partial charge in [-0.15, -0.1) is 0 Å². The Morgan fingerprint density at radius 1 is 1.36 bits per heavy atom. The van der Waals surface area contributed by atoms with E-state index in [2.05, 4.69) is 10.3 Å². The number of benzene rings is 1. The number of anilines is 1. The van der Waals surface area contributed by atoms with Crippen LogP contribution in [0.25, 0.3) is 10.9 Å². The third-order valence-electron chi connectivity index (χ3n) is 4.71. The molecule has 2 aromatic rings. The lowest BCUT2D eigenvalue weighted by atomic mass is 10.0. The summed E-state index contributed by atoms with van der Waals surface area (Å²) in [5.41, 5.74) is 0.706. The Balaban J connectivity index is 1.52. The van der Waals surface area contributed by atoms with Crippen LogP contribution in [0.4, 0.5) is 15.3 Å². The molecule has 0 aliphatic carbocycles. The number of likely N-dealkylation sites (tertiary alicyclic amines) is 1. The molecule has 3 heterocycles. The number of aromatic nitrogens is 1. The summed E-state index contributed by atoms with van der Waals surface area (Å²) in [5.74, 6) is 0. The normalized spacial score (nSPS) is 22.7. The Morgan fingerprint density at radius 2 is 2.20 bits per heavy atom. The van der Waals surface area contributed by atoms with Crippen LogP contribution in [0.15, 0.2) is 30.5 Å². The SMILES string of the molecule is CN1CC2(CCN(C(=O)Nc3ccc(Cl)c4ncccc34)C2)OC1=O. The van der Waals surface area contributed by atoms with Crippen LogP contribution in [0.1, 0.15) is 6.42 Å². The second-order valence-electron chi connectivity index (χ2n) is 6.50. The van der Waals surface area contributed by atoms with E-state index in [1.807, 2.05) is 6.07 Å². The summed E-state index contributed by atoms with van der Waals surface area (Å²) in [6.07, 6.45) is 1.96. The van der Waals surface area contributed by atoms with Crippen LogP contribution >= 0.6 is 11.6 Å². The van der Waals surface area contributed by atoms with E-state index in [0.29, 0.717) is 42.3 Å². The Hall–Kier alpha value is -2.54. The van der Waals surface area contributed by atoms with Gasteiger partial charge >= 0.3 is 12.1 Å². The molecule has 7 nitrogen and oxygen atoms in total. The Bertz CT molecular complexity index is 874. The topological polar surface area (TPSA) is 74.8 Å². The first-order chi connectivity index (χ1) is 12.0. The zero-order valence-corrected chi connectivity index (χ0v) is 14.4. The lowest BCUT2D eigenvalue weighted by Gasteiger charge is -2.22. The second-order valence-corrected chi connectivity index (χ2v) is 6.91. The molecule has 1 aromatic heterocycles. The Kier molecular flexibility index (Phi) is 3.68. The maximum atomic E-state index is 12.7. The van der Waals surface area contributed by atoms with E-state index >= 15 is 0 Å². The predicted molar refractivity (Wildman–Crippen MR) is 93.8 cm³/mol. The van der Waals surface area contributed by atoms with Gasteiger partial charge in [-0.3, -0.25) is 4.98 Å². The zero-order chi connectivity index (χ0) is 17.6. The highest BCUT2D eigenvalue weighted by atomic mass is 35.5. The highest BCUT2D eigenvalue weighted by Gasteiger charge is 2.49. The molecule has 2 fully saturated rings. The molecule has 25 heavy (non-hydrogen) atoms. The number of urea groups is 1. The number of hydrogen-bond acceptors (Lipinski definition) is 4. The van der Waals surface area contributed by atoms with Crippen LogP contribution in [0.5, 0.6) is 0 Å². The van der Waals surface area contributed by atoms with E-state index in [4.69, 9.17) is 16.3 Å². The molecule has 2 saturated heterocycles. The number of carbonyl (C=O) groups excluding carboxylic acids is 2. The van der Waals surface area contributed by atoms with Crippen LogP contribution in [-0.2, 0) is 4.74 Å². The van der Waals surface area contributed by atoms with Crippen LogP contribution < -0.4 is 5.32 Å². The first kappa shape index (κ1) is 16.0. The molecule has 1 N–H and O–H groups in total. The molecule has 1 spiro atoms. The molecule has 2 aliphatic heterocycles. The van der Waals surface area contributed by atoms with Gasteiger partial charge in [-0.25, -0.2) is 9.59 Å². The summed E-state index contributed by atoms with van der Waals surface area (Å²) in [6, 6.07) is 6.91. The molecule has 8 heteroatoms. The zero-order valence-electron chi connectivity index (χ0n) is 13.7. The fourth-order valence-electron chi connectivity index (χ4n) is 3.46. The number of nitrogens with one attached hydrogen (secondary N) is 1. The number of rotatable bonds is 1. The van der Waals surface area contributed by atoms with Gasteiger partial charge in [0.25, 0.3) is 0 Å². The minimum atomic E-state index is -0.590. The highest BCUT2D eigenvalue weighted by Crippen LogP contribution is 2.33. The van der Waals surface area contributed by atoms with E-state index in [1.165, 1.54) is 0 Å². The molecule has 1 atom stereocenters. The number of amides is 3. The van der Waals surface area contributed by atoms with Crippen molar-refractivity contribution in [3.8, 4) is 0 Å². The van der Waals surface area contributed by atoms with Gasteiger partial charge in [0.1, 0.15) is 0 Å². The number of hydrogen-bond donors (Lipinski definition) is 1. The van der Waals surface area contributed by atoms with Gasteiger partial charge in [0.15, 0.2) is 5.60 Å². The van der Waals surface area contributed by atoms with Crippen molar-refractivity contribution in [2.45, 2.75) is 12.0 Å². The smallest absolute Gasteiger partial charge is 0.410 e. The largest absolute Gasteiger partial charge is 0.439 e. The molecule has 1 unspecified atom stereocenters. The maximum Gasteiger partial charge on any atom is 0.410 e. The summed E-state index contributed by atoms with van der Waals surface area (Å²) in [7, 11) is 1.70. The van der Waals surface area contributed by atoms with Crippen LogP contribution in [0.2, 0.25) is 5.02 Å². The summed E-state index contributed by atoms with van der Waals surface area (Å²) in [4.78, 5) is 31.8. The minimum absolute atomic E-state index is 0.227. The van der Waals surface area contributed by atoms with E-state index in [-0.39, 0.29) is 12.1 Å². The van der Waals surface area contributed by atoms with Crippen molar-refractivity contribution >= 4 is 40.3 Å². The molecule has 0 radical (unpaired) electrons. The quantitative estimate of drug-likeness (QED) is 0.848. The van der Waals surface area contributed by atoms with E-state index in [1.54, 1.807) is 41.2 Å². The van der Waals surface area contributed by atoms with Crippen molar-refractivity contribution in [1.29, 1.82) is 0 Å². The van der Waals surface area contributed by atoms with Crippen LogP contribution in [0, 0.1) is 0 Å². The lowest BCUT2D eigenvalue weighted by Crippen LogP contribution is -2.40. The lowest BCUT2D eigenvalue weighted by molar-refractivity contribution is 0.0663. The number of halogens is 1. The van der Waals surface area contributed by atoms with Gasteiger partial charge in [-0.2, -0.15) is 0 Å². The van der Waals surface area contributed by atoms with Gasteiger partial charge in [0.2, 0.25) is 0 Å². The minimum Gasteiger partial charge on any atom is -0.439 e. The first-order valence-corrected chi connectivity index (χ1v) is 8.39. The van der Waals surface area contributed by atoms with Crippen molar-refractivity contribution < 1.29 is 14.3 Å². The van der Waals surface area contributed by atoms with Crippen molar-refractivity contribution in [3.05, 3.63) is 35.5 Å². The molecule has 4 rings (SSSR count). The number of likely N-dealkylation sites (N-methyl/N-ethyl adjacent to an activating group) is 1.